The van der Waals surface area contributed by atoms with Crippen LogP contribution in [-0.2, 0) is 11.3 Å². The van der Waals surface area contributed by atoms with Crippen molar-refractivity contribution in [1.82, 2.24) is 15.2 Å². The molecule has 0 bridgehead atoms. The molecule has 1 heterocycles. The second kappa shape index (κ2) is 5.07. The van der Waals surface area contributed by atoms with E-state index in [-0.39, 0.29) is 5.91 Å². The van der Waals surface area contributed by atoms with Crippen LogP contribution in [0, 0.1) is 6.92 Å². The predicted octanol–water partition coefficient (Wildman–Crippen LogP) is 0.629. The summed E-state index contributed by atoms with van der Waals surface area (Å²) in [5.74, 6) is 0.0891. The first kappa shape index (κ1) is 11.1. The van der Waals surface area contributed by atoms with E-state index in [2.05, 4.69) is 10.3 Å². The lowest BCUT2D eigenvalue weighted by Crippen LogP contribution is -2.32. The van der Waals surface area contributed by atoms with Crippen molar-refractivity contribution in [2.45, 2.75) is 13.5 Å². The van der Waals surface area contributed by atoms with Crippen molar-refractivity contribution < 1.29 is 4.79 Å². The summed E-state index contributed by atoms with van der Waals surface area (Å²) < 4.78 is 0. The minimum atomic E-state index is 0.0891. The molecular formula is C9H15N3OS. The fourth-order valence-electron chi connectivity index (χ4n) is 0.938. The van der Waals surface area contributed by atoms with Crippen LogP contribution in [0.5, 0.6) is 0 Å². The van der Waals surface area contributed by atoms with Gasteiger partial charge < -0.3 is 10.2 Å². The average molecular weight is 213 g/mol. The summed E-state index contributed by atoms with van der Waals surface area (Å²) in [6, 6.07) is 0. The van der Waals surface area contributed by atoms with Crippen molar-refractivity contribution >= 4 is 17.2 Å². The number of carbonyl (C=O) groups is 1. The maximum atomic E-state index is 11.2. The van der Waals surface area contributed by atoms with Crippen molar-refractivity contribution in [2.24, 2.45) is 0 Å². The Hall–Kier alpha value is -0.940. The smallest absolute Gasteiger partial charge is 0.236 e. The van der Waals surface area contributed by atoms with Crippen molar-refractivity contribution in [3.63, 3.8) is 0 Å². The Morgan fingerprint density at radius 1 is 1.64 bits per heavy atom. The van der Waals surface area contributed by atoms with E-state index in [0.717, 1.165) is 9.88 Å². The zero-order valence-electron chi connectivity index (χ0n) is 8.70. The molecule has 14 heavy (non-hydrogen) atoms. The minimum Gasteiger partial charge on any atom is -0.348 e. The summed E-state index contributed by atoms with van der Waals surface area (Å²) in [5.41, 5.74) is 0. The number of nitrogens with zero attached hydrogens (tertiary/aromatic N) is 2. The molecule has 1 amide bonds. The topological polar surface area (TPSA) is 45.2 Å². The number of nitrogens with one attached hydrogen (secondary N) is 1. The van der Waals surface area contributed by atoms with E-state index in [1.165, 1.54) is 0 Å². The predicted molar refractivity (Wildman–Crippen MR) is 57.3 cm³/mol. The standard InChI is InChI=1S/C9H15N3OS/c1-7-11-5-8(14-7)4-10-6-9(13)12(2)3/h5,10H,4,6H2,1-3H3. The fraction of sp³-hybridized carbons (Fsp3) is 0.556. The van der Waals surface area contributed by atoms with E-state index >= 15 is 0 Å². The average Bonchev–Trinajstić information content (AvgIpc) is 2.51. The molecule has 78 valence electrons. The lowest BCUT2D eigenvalue weighted by Gasteiger charge is -2.09. The Morgan fingerprint density at radius 2 is 2.36 bits per heavy atom. The highest BCUT2D eigenvalue weighted by Crippen LogP contribution is 2.10. The Morgan fingerprint density at radius 3 is 2.86 bits per heavy atom. The van der Waals surface area contributed by atoms with Gasteiger partial charge in [0.25, 0.3) is 0 Å². The molecule has 0 unspecified atom stereocenters. The van der Waals surface area contributed by atoms with Gasteiger partial charge in [0, 0.05) is 31.7 Å². The van der Waals surface area contributed by atoms with Crippen LogP contribution in [0.15, 0.2) is 6.20 Å². The van der Waals surface area contributed by atoms with Crippen LogP contribution in [0.3, 0.4) is 0 Å². The van der Waals surface area contributed by atoms with Gasteiger partial charge in [-0.05, 0) is 6.92 Å². The summed E-state index contributed by atoms with van der Waals surface area (Å²) in [6.07, 6.45) is 1.84. The second-order valence-electron chi connectivity index (χ2n) is 3.24. The Kier molecular flexibility index (Phi) is 4.03. The van der Waals surface area contributed by atoms with Crippen molar-refractivity contribution in [2.75, 3.05) is 20.6 Å². The first-order chi connectivity index (χ1) is 6.59. The maximum absolute atomic E-state index is 11.2. The zero-order chi connectivity index (χ0) is 10.6. The van der Waals surface area contributed by atoms with Crippen LogP contribution in [-0.4, -0.2) is 36.4 Å². The molecule has 0 radical (unpaired) electrons. The zero-order valence-corrected chi connectivity index (χ0v) is 9.52. The summed E-state index contributed by atoms with van der Waals surface area (Å²) in [6.45, 7) is 3.06. The monoisotopic (exact) mass is 213 g/mol. The molecule has 1 aromatic heterocycles. The van der Waals surface area contributed by atoms with Gasteiger partial charge in [0.2, 0.25) is 5.91 Å². The number of rotatable bonds is 4. The third-order valence-corrected chi connectivity index (χ3v) is 2.66. The van der Waals surface area contributed by atoms with Gasteiger partial charge in [-0.2, -0.15) is 0 Å². The number of carbonyl (C=O) groups excluding carboxylic acids is 1. The Labute approximate surface area is 88.0 Å². The Balaban J connectivity index is 2.25. The number of hydrogen-bond donors (Lipinski definition) is 1. The van der Waals surface area contributed by atoms with E-state index in [1.807, 2.05) is 13.1 Å². The van der Waals surface area contributed by atoms with Gasteiger partial charge in [-0.1, -0.05) is 0 Å². The lowest BCUT2D eigenvalue weighted by molar-refractivity contribution is -0.127. The molecule has 1 aromatic rings. The molecule has 0 saturated carbocycles. The lowest BCUT2D eigenvalue weighted by atomic mass is 10.5. The molecule has 0 aromatic carbocycles. The maximum Gasteiger partial charge on any atom is 0.236 e. The molecule has 0 aliphatic rings. The normalized spacial score (nSPS) is 10.2. The van der Waals surface area contributed by atoms with Gasteiger partial charge >= 0.3 is 0 Å². The summed E-state index contributed by atoms with van der Waals surface area (Å²) in [5, 5.41) is 4.13. The first-order valence-corrected chi connectivity index (χ1v) is 5.23. The van der Waals surface area contributed by atoms with Gasteiger partial charge in [0.15, 0.2) is 0 Å². The molecule has 5 heteroatoms. The van der Waals surface area contributed by atoms with Gasteiger partial charge in [0.1, 0.15) is 0 Å². The van der Waals surface area contributed by atoms with E-state index in [0.29, 0.717) is 13.1 Å². The van der Waals surface area contributed by atoms with Gasteiger partial charge in [-0.3, -0.25) is 4.79 Å². The SMILES string of the molecule is Cc1ncc(CNCC(=O)N(C)C)s1. The molecule has 1 rings (SSSR count). The number of likely N-dealkylation sites (N-methyl/N-ethyl adjacent to an activating group) is 1. The molecule has 4 nitrogen and oxygen atoms in total. The largest absolute Gasteiger partial charge is 0.348 e. The molecule has 0 fully saturated rings. The van der Waals surface area contributed by atoms with Crippen LogP contribution in [0.4, 0.5) is 0 Å². The summed E-state index contributed by atoms with van der Waals surface area (Å²) in [4.78, 5) is 18.1. The number of thiazole rings is 1. The fourth-order valence-corrected chi connectivity index (χ4v) is 1.70. The highest BCUT2D eigenvalue weighted by atomic mass is 32.1. The molecular weight excluding hydrogens is 198 g/mol. The number of hydrogen-bond acceptors (Lipinski definition) is 4. The summed E-state index contributed by atoms with van der Waals surface area (Å²) in [7, 11) is 3.50. The Bertz CT molecular complexity index is 309. The van der Waals surface area contributed by atoms with Crippen LogP contribution < -0.4 is 5.32 Å². The van der Waals surface area contributed by atoms with Crippen LogP contribution >= 0.6 is 11.3 Å². The van der Waals surface area contributed by atoms with Gasteiger partial charge in [-0.15, -0.1) is 11.3 Å². The van der Waals surface area contributed by atoms with Gasteiger partial charge in [0.05, 0.1) is 11.6 Å². The second-order valence-corrected chi connectivity index (χ2v) is 4.56. The quantitative estimate of drug-likeness (QED) is 0.798. The van der Waals surface area contributed by atoms with Crippen molar-refractivity contribution in [3.05, 3.63) is 16.1 Å². The van der Waals surface area contributed by atoms with Crippen LogP contribution in [0.2, 0.25) is 0 Å². The van der Waals surface area contributed by atoms with Crippen LogP contribution in [0.1, 0.15) is 9.88 Å². The highest BCUT2D eigenvalue weighted by Gasteiger charge is 2.03. The van der Waals surface area contributed by atoms with E-state index in [1.54, 1.807) is 30.3 Å². The molecule has 0 atom stereocenters. The molecule has 0 aliphatic heterocycles. The van der Waals surface area contributed by atoms with Crippen molar-refractivity contribution in [3.8, 4) is 0 Å². The highest BCUT2D eigenvalue weighted by molar-refractivity contribution is 7.11. The number of amides is 1. The van der Waals surface area contributed by atoms with Crippen LogP contribution in [0.25, 0.3) is 0 Å². The number of aryl methyl sites for hydroxylation is 1. The third kappa shape index (κ3) is 3.43. The number of aromatic nitrogens is 1. The first-order valence-electron chi connectivity index (χ1n) is 4.42. The van der Waals surface area contributed by atoms with Crippen molar-refractivity contribution in [1.29, 1.82) is 0 Å². The minimum absolute atomic E-state index is 0.0891. The molecule has 0 spiro atoms. The third-order valence-electron chi connectivity index (χ3n) is 1.74. The summed E-state index contributed by atoms with van der Waals surface area (Å²) >= 11 is 1.65. The van der Waals surface area contributed by atoms with E-state index < -0.39 is 0 Å². The molecule has 1 N–H and O–H groups in total. The van der Waals surface area contributed by atoms with Gasteiger partial charge in [-0.25, -0.2) is 4.98 Å². The van der Waals surface area contributed by atoms with E-state index in [4.69, 9.17) is 0 Å². The van der Waals surface area contributed by atoms with E-state index in [9.17, 15) is 4.79 Å². The molecule has 0 aliphatic carbocycles. The molecule has 0 saturated heterocycles.